The number of hydrogen-bond acceptors (Lipinski definition) is 3. The molecule has 1 N–H and O–H groups in total. The highest BCUT2D eigenvalue weighted by molar-refractivity contribution is 7.12. The molecule has 3 nitrogen and oxygen atoms in total. The summed E-state index contributed by atoms with van der Waals surface area (Å²) in [6.45, 7) is 1.90. The Kier molecular flexibility index (Phi) is 3.75. The maximum Gasteiger partial charge on any atom is 0.261 e. The summed E-state index contributed by atoms with van der Waals surface area (Å²) < 4.78 is 0. The SMILES string of the molecule is CC(NC(=O)c1cccs1)c1cccc(C#N)c1. The molecular weight excluding hydrogens is 244 g/mol. The summed E-state index contributed by atoms with van der Waals surface area (Å²) in [6, 6.07) is 12.9. The average Bonchev–Trinajstić information content (AvgIpc) is 2.92. The lowest BCUT2D eigenvalue weighted by molar-refractivity contribution is 0.0944. The van der Waals surface area contributed by atoms with Crippen LogP contribution in [0.3, 0.4) is 0 Å². The molecule has 0 spiro atoms. The van der Waals surface area contributed by atoms with Gasteiger partial charge in [-0.05, 0) is 36.1 Å². The zero-order valence-corrected chi connectivity index (χ0v) is 10.7. The summed E-state index contributed by atoms with van der Waals surface area (Å²) in [5.74, 6) is -0.0835. The van der Waals surface area contributed by atoms with Gasteiger partial charge in [-0.2, -0.15) is 5.26 Å². The highest BCUT2D eigenvalue weighted by atomic mass is 32.1. The Labute approximate surface area is 110 Å². The molecule has 0 saturated carbocycles. The van der Waals surface area contributed by atoms with Crippen molar-refractivity contribution in [3.05, 3.63) is 57.8 Å². The number of carbonyl (C=O) groups is 1. The van der Waals surface area contributed by atoms with E-state index in [1.165, 1.54) is 11.3 Å². The van der Waals surface area contributed by atoms with Crippen LogP contribution in [-0.2, 0) is 0 Å². The molecule has 2 rings (SSSR count). The molecule has 0 aliphatic heterocycles. The van der Waals surface area contributed by atoms with Crippen LogP contribution in [0.2, 0.25) is 0 Å². The van der Waals surface area contributed by atoms with Gasteiger partial charge >= 0.3 is 0 Å². The Hall–Kier alpha value is -2.12. The fourth-order valence-electron chi connectivity index (χ4n) is 1.64. The molecule has 0 bridgehead atoms. The first kappa shape index (κ1) is 12.3. The second-order valence-electron chi connectivity index (χ2n) is 3.91. The molecule has 0 aliphatic carbocycles. The normalized spacial score (nSPS) is 11.6. The number of nitriles is 1. The molecule has 0 aliphatic rings. The van der Waals surface area contributed by atoms with Crippen LogP contribution in [-0.4, -0.2) is 5.91 Å². The summed E-state index contributed by atoms with van der Waals surface area (Å²) >= 11 is 1.41. The Morgan fingerprint density at radius 1 is 1.39 bits per heavy atom. The van der Waals surface area contributed by atoms with Gasteiger partial charge in [0.15, 0.2) is 0 Å². The smallest absolute Gasteiger partial charge is 0.261 e. The largest absolute Gasteiger partial charge is 0.345 e. The predicted molar refractivity (Wildman–Crippen MR) is 71.4 cm³/mol. The van der Waals surface area contributed by atoms with Gasteiger partial charge in [0.25, 0.3) is 5.91 Å². The van der Waals surface area contributed by atoms with E-state index >= 15 is 0 Å². The molecule has 18 heavy (non-hydrogen) atoms. The number of carbonyl (C=O) groups excluding carboxylic acids is 1. The minimum Gasteiger partial charge on any atom is -0.345 e. The first-order valence-electron chi connectivity index (χ1n) is 5.55. The quantitative estimate of drug-likeness (QED) is 0.917. The highest BCUT2D eigenvalue weighted by Crippen LogP contribution is 2.16. The van der Waals surface area contributed by atoms with Crippen LogP contribution >= 0.6 is 11.3 Å². The lowest BCUT2D eigenvalue weighted by Crippen LogP contribution is -2.25. The number of thiophene rings is 1. The van der Waals surface area contributed by atoms with Gasteiger partial charge < -0.3 is 5.32 Å². The van der Waals surface area contributed by atoms with E-state index in [1.807, 2.05) is 30.5 Å². The molecule has 1 aromatic carbocycles. The molecule has 4 heteroatoms. The van der Waals surface area contributed by atoms with Crippen LogP contribution in [0.5, 0.6) is 0 Å². The van der Waals surface area contributed by atoms with Gasteiger partial charge in [0.05, 0.1) is 22.6 Å². The van der Waals surface area contributed by atoms with Gasteiger partial charge in [-0.15, -0.1) is 11.3 Å². The van der Waals surface area contributed by atoms with Crippen molar-refractivity contribution in [1.82, 2.24) is 5.32 Å². The summed E-state index contributed by atoms with van der Waals surface area (Å²) in [4.78, 5) is 12.6. The molecular formula is C14H12N2OS. The van der Waals surface area contributed by atoms with E-state index in [2.05, 4.69) is 11.4 Å². The first-order chi connectivity index (χ1) is 8.70. The molecule has 1 heterocycles. The monoisotopic (exact) mass is 256 g/mol. The third kappa shape index (κ3) is 2.76. The standard InChI is InChI=1S/C14H12N2OS/c1-10(12-5-2-4-11(8-12)9-15)16-14(17)13-6-3-7-18-13/h2-8,10H,1H3,(H,16,17). The fourth-order valence-corrected chi connectivity index (χ4v) is 2.26. The maximum atomic E-state index is 11.9. The Morgan fingerprint density at radius 3 is 2.89 bits per heavy atom. The zero-order chi connectivity index (χ0) is 13.0. The van der Waals surface area contributed by atoms with Crippen LogP contribution in [0.4, 0.5) is 0 Å². The average molecular weight is 256 g/mol. The van der Waals surface area contributed by atoms with Crippen molar-refractivity contribution in [2.75, 3.05) is 0 Å². The first-order valence-corrected chi connectivity index (χ1v) is 6.43. The zero-order valence-electron chi connectivity index (χ0n) is 9.88. The van der Waals surface area contributed by atoms with Gasteiger partial charge in [0, 0.05) is 0 Å². The molecule has 1 aromatic heterocycles. The molecule has 1 amide bonds. The Bertz CT molecular complexity index is 584. The Balaban J connectivity index is 2.10. The van der Waals surface area contributed by atoms with E-state index < -0.39 is 0 Å². The van der Waals surface area contributed by atoms with Crippen molar-refractivity contribution in [2.45, 2.75) is 13.0 Å². The number of benzene rings is 1. The van der Waals surface area contributed by atoms with Crippen molar-refractivity contribution in [3.8, 4) is 6.07 Å². The van der Waals surface area contributed by atoms with Crippen LogP contribution in [0.25, 0.3) is 0 Å². The van der Waals surface area contributed by atoms with Crippen LogP contribution < -0.4 is 5.32 Å². The molecule has 0 saturated heterocycles. The number of hydrogen-bond donors (Lipinski definition) is 1. The van der Waals surface area contributed by atoms with E-state index in [0.717, 1.165) is 5.56 Å². The predicted octanol–water partition coefficient (Wildman–Crippen LogP) is 3.11. The van der Waals surface area contributed by atoms with Gasteiger partial charge in [-0.25, -0.2) is 0 Å². The van der Waals surface area contributed by atoms with E-state index in [9.17, 15) is 4.79 Å². The van der Waals surface area contributed by atoms with E-state index in [0.29, 0.717) is 10.4 Å². The summed E-state index contributed by atoms with van der Waals surface area (Å²) in [5.41, 5.74) is 1.53. The number of amides is 1. The minimum atomic E-state index is -0.118. The van der Waals surface area contributed by atoms with E-state index in [1.54, 1.807) is 18.2 Å². The molecule has 2 aromatic rings. The summed E-state index contributed by atoms with van der Waals surface area (Å²) in [5, 5.41) is 13.6. The second-order valence-corrected chi connectivity index (χ2v) is 4.86. The van der Waals surface area contributed by atoms with Crippen molar-refractivity contribution >= 4 is 17.2 Å². The number of rotatable bonds is 3. The molecule has 1 unspecified atom stereocenters. The van der Waals surface area contributed by atoms with Crippen LogP contribution in [0.1, 0.15) is 33.8 Å². The van der Waals surface area contributed by atoms with E-state index in [-0.39, 0.29) is 11.9 Å². The fraction of sp³-hybridized carbons (Fsp3) is 0.143. The van der Waals surface area contributed by atoms with Crippen molar-refractivity contribution < 1.29 is 4.79 Å². The summed E-state index contributed by atoms with van der Waals surface area (Å²) in [7, 11) is 0. The molecule has 0 fully saturated rings. The topological polar surface area (TPSA) is 52.9 Å². The molecule has 0 radical (unpaired) electrons. The van der Waals surface area contributed by atoms with Crippen LogP contribution in [0, 0.1) is 11.3 Å². The van der Waals surface area contributed by atoms with Gasteiger partial charge in [0.2, 0.25) is 0 Å². The van der Waals surface area contributed by atoms with Gasteiger partial charge in [-0.1, -0.05) is 18.2 Å². The van der Waals surface area contributed by atoms with E-state index in [4.69, 9.17) is 5.26 Å². The highest BCUT2D eigenvalue weighted by Gasteiger charge is 2.12. The second kappa shape index (κ2) is 5.48. The lowest BCUT2D eigenvalue weighted by Gasteiger charge is -2.13. The minimum absolute atomic E-state index is 0.0835. The Morgan fingerprint density at radius 2 is 2.22 bits per heavy atom. The van der Waals surface area contributed by atoms with Gasteiger partial charge in [-0.3, -0.25) is 4.79 Å². The van der Waals surface area contributed by atoms with Crippen molar-refractivity contribution in [1.29, 1.82) is 5.26 Å². The van der Waals surface area contributed by atoms with Gasteiger partial charge in [0.1, 0.15) is 0 Å². The van der Waals surface area contributed by atoms with Crippen molar-refractivity contribution in [3.63, 3.8) is 0 Å². The number of nitrogens with zero attached hydrogens (tertiary/aromatic N) is 1. The molecule has 90 valence electrons. The van der Waals surface area contributed by atoms with Crippen LogP contribution in [0.15, 0.2) is 41.8 Å². The molecule has 1 atom stereocenters. The number of nitrogens with one attached hydrogen (secondary N) is 1. The third-order valence-electron chi connectivity index (χ3n) is 2.61. The lowest BCUT2D eigenvalue weighted by atomic mass is 10.1. The summed E-state index contributed by atoms with van der Waals surface area (Å²) in [6.07, 6.45) is 0. The third-order valence-corrected chi connectivity index (χ3v) is 3.48. The van der Waals surface area contributed by atoms with Crippen molar-refractivity contribution in [2.24, 2.45) is 0 Å². The maximum absolute atomic E-state index is 11.9.